The van der Waals surface area contributed by atoms with Gasteiger partial charge in [-0.1, -0.05) is 6.07 Å². The minimum absolute atomic E-state index is 0.0264. The molecule has 5 heteroatoms. The van der Waals surface area contributed by atoms with Gasteiger partial charge in [0.2, 0.25) is 11.8 Å². The number of carbonyl (C=O) groups excluding carboxylic acids is 2. The summed E-state index contributed by atoms with van der Waals surface area (Å²) in [5.74, 6) is 0.136. The second-order valence-electron chi connectivity index (χ2n) is 4.95. The van der Waals surface area contributed by atoms with Gasteiger partial charge in [0.1, 0.15) is 0 Å². The molecule has 0 spiro atoms. The van der Waals surface area contributed by atoms with E-state index < -0.39 is 0 Å². The number of nitrogens with one attached hydrogen (secondary N) is 2. The quantitative estimate of drug-likeness (QED) is 0.860. The topological polar surface area (TPSA) is 61.4 Å². The molecule has 1 aromatic rings. The second-order valence-corrected chi connectivity index (χ2v) is 4.95. The summed E-state index contributed by atoms with van der Waals surface area (Å²) >= 11 is 0. The fraction of sp³-hybridized carbons (Fsp3) is 0.467. The van der Waals surface area contributed by atoms with Gasteiger partial charge in [-0.3, -0.25) is 9.59 Å². The van der Waals surface area contributed by atoms with Crippen molar-refractivity contribution in [2.45, 2.75) is 25.7 Å². The summed E-state index contributed by atoms with van der Waals surface area (Å²) in [5, 5.41) is 5.79. The van der Waals surface area contributed by atoms with E-state index in [-0.39, 0.29) is 11.8 Å². The van der Waals surface area contributed by atoms with Crippen molar-refractivity contribution >= 4 is 23.2 Å². The number of hydrogen-bond acceptors (Lipinski definition) is 3. The average molecular weight is 275 g/mol. The van der Waals surface area contributed by atoms with Crippen molar-refractivity contribution in [2.24, 2.45) is 0 Å². The lowest BCUT2D eigenvalue weighted by atomic mass is 10.1. The minimum Gasteiger partial charge on any atom is -0.326 e. The summed E-state index contributed by atoms with van der Waals surface area (Å²) in [5.41, 5.74) is 1.60. The SMILES string of the molecule is CNCCC(=O)Nc1cccc(N2CCCCC2=O)c1. The molecule has 0 radical (unpaired) electrons. The average Bonchev–Trinajstić information content (AvgIpc) is 2.46. The van der Waals surface area contributed by atoms with E-state index in [1.54, 1.807) is 4.90 Å². The molecule has 0 aromatic heterocycles. The van der Waals surface area contributed by atoms with E-state index in [1.807, 2.05) is 31.3 Å². The third kappa shape index (κ3) is 3.81. The molecule has 20 heavy (non-hydrogen) atoms. The maximum atomic E-state index is 11.9. The third-order valence-electron chi connectivity index (χ3n) is 3.37. The lowest BCUT2D eigenvalue weighted by molar-refractivity contribution is -0.119. The molecule has 2 amide bonds. The second kappa shape index (κ2) is 7.05. The van der Waals surface area contributed by atoms with Gasteiger partial charge in [0.15, 0.2) is 0 Å². The van der Waals surface area contributed by atoms with Crippen molar-refractivity contribution in [1.82, 2.24) is 5.32 Å². The zero-order valence-electron chi connectivity index (χ0n) is 11.8. The Morgan fingerprint density at radius 2 is 2.20 bits per heavy atom. The first kappa shape index (κ1) is 14.5. The molecule has 1 aliphatic heterocycles. The normalized spacial score (nSPS) is 15.2. The van der Waals surface area contributed by atoms with Crippen LogP contribution in [-0.2, 0) is 9.59 Å². The van der Waals surface area contributed by atoms with Crippen molar-refractivity contribution in [3.05, 3.63) is 24.3 Å². The molecule has 1 aliphatic rings. The standard InChI is InChI=1S/C15H21N3O2/c1-16-9-8-14(19)17-12-5-4-6-13(11-12)18-10-3-2-7-15(18)20/h4-6,11,16H,2-3,7-10H2,1H3,(H,17,19). The summed E-state index contributed by atoms with van der Waals surface area (Å²) in [4.78, 5) is 25.4. The number of carbonyl (C=O) groups is 2. The Morgan fingerprint density at radius 1 is 1.35 bits per heavy atom. The van der Waals surface area contributed by atoms with Crippen molar-refractivity contribution in [3.63, 3.8) is 0 Å². The number of anilines is 2. The van der Waals surface area contributed by atoms with Crippen molar-refractivity contribution in [1.29, 1.82) is 0 Å². The van der Waals surface area contributed by atoms with Crippen LogP contribution in [0.5, 0.6) is 0 Å². The van der Waals surface area contributed by atoms with Gasteiger partial charge in [-0.15, -0.1) is 0 Å². The van der Waals surface area contributed by atoms with Gasteiger partial charge in [0, 0.05) is 37.3 Å². The van der Waals surface area contributed by atoms with E-state index in [9.17, 15) is 9.59 Å². The Hall–Kier alpha value is -1.88. The zero-order chi connectivity index (χ0) is 14.4. The van der Waals surface area contributed by atoms with E-state index in [4.69, 9.17) is 0 Å². The minimum atomic E-state index is -0.0264. The zero-order valence-corrected chi connectivity index (χ0v) is 11.8. The van der Waals surface area contributed by atoms with Crippen LogP contribution in [0.2, 0.25) is 0 Å². The summed E-state index contributed by atoms with van der Waals surface area (Å²) in [6, 6.07) is 7.48. The number of hydrogen-bond donors (Lipinski definition) is 2. The van der Waals surface area contributed by atoms with Crippen molar-refractivity contribution < 1.29 is 9.59 Å². The molecule has 1 heterocycles. The fourth-order valence-corrected chi connectivity index (χ4v) is 2.29. The number of rotatable bonds is 5. The summed E-state index contributed by atoms with van der Waals surface area (Å²) in [6.45, 7) is 1.41. The van der Waals surface area contributed by atoms with Gasteiger partial charge in [-0.2, -0.15) is 0 Å². The van der Waals surface area contributed by atoms with Crippen LogP contribution in [0.15, 0.2) is 24.3 Å². The van der Waals surface area contributed by atoms with Crippen LogP contribution in [0, 0.1) is 0 Å². The van der Waals surface area contributed by atoms with E-state index in [0.717, 1.165) is 30.8 Å². The van der Waals surface area contributed by atoms with Crippen LogP contribution in [-0.4, -0.2) is 32.0 Å². The number of nitrogens with zero attached hydrogens (tertiary/aromatic N) is 1. The molecule has 0 bridgehead atoms. The summed E-state index contributed by atoms with van der Waals surface area (Å²) < 4.78 is 0. The van der Waals surface area contributed by atoms with Crippen LogP contribution in [0.3, 0.4) is 0 Å². The Morgan fingerprint density at radius 3 is 2.95 bits per heavy atom. The highest BCUT2D eigenvalue weighted by molar-refractivity contribution is 5.96. The molecule has 108 valence electrons. The van der Waals surface area contributed by atoms with Crippen molar-refractivity contribution in [2.75, 3.05) is 30.4 Å². The highest BCUT2D eigenvalue weighted by atomic mass is 16.2. The lowest BCUT2D eigenvalue weighted by Gasteiger charge is -2.27. The Kier molecular flexibility index (Phi) is 5.12. The number of amides is 2. The Labute approximate surface area is 119 Å². The largest absolute Gasteiger partial charge is 0.326 e. The van der Waals surface area contributed by atoms with Crippen LogP contribution >= 0.6 is 0 Å². The first-order valence-electron chi connectivity index (χ1n) is 7.05. The van der Waals surface area contributed by atoms with Gasteiger partial charge in [-0.25, -0.2) is 0 Å². The monoisotopic (exact) mass is 275 g/mol. The van der Waals surface area contributed by atoms with Crippen LogP contribution in [0.1, 0.15) is 25.7 Å². The number of piperidine rings is 1. The first-order chi connectivity index (χ1) is 9.70. The lowest BCUT2D eigenvalue weighted by Crippen LogP contribution is -2.35. The molecule has 2 N–H and O–H groups in total. The first-order valence-corrected chi connectivity index (χ1v) is 7.05. The van der Waals surface area contributed by atoms with Crippen LogP contribution in [0.4, 0.5) is 11.4 Å². The molecular formula is C15H21N3O2. The molecule has 2 rings (SSSR count). The van der Waals surface area contributed by atoms with E-state index >= 15 is 0 Å². The maximum Gasteiger partial charge on any atom is 0.226 e. The molecule has 1 fully saturated rings. The smallest absolute Gasteiger partial charge is 0.226 e. The van der Waals surface area contributed by atoms with E-state index in [1.165, 1.54) is 0 Å². The fourth-order valence-electron chi connectivity index (χ4n) is 2.29. The number of benzene rings is 1. The predicted molar refractivity (Wildman–Crippen MR) is 79.8 cm³/mol. The van der Waals surface area contributed by atoms with Gasteiger partial charge in [0.25, 0.3) is 0 Å². The van der Waals surface area contributed by atoms with Crippen LogP contribution in [0.25, 0.3) is 0 Å². The molecule has 1 saturated heterocycles. The van der Waals surface area contributed by atoms with Crippen molar-refractivity contribution in [3.8, 4) is 0 Å². The van der Waals surface area contributed by atoms with Crippen LogP contribution < -0.4 is 15.5 Å². The molecule has 1 aromatic carbocycles. The van der Waals surface area contributed by atoms with E-state index in [0.29, 0.717) is 19.4 Å². The molecule has 5 nitrogen and oxygen atoms in total. The molecular weight excluding hydrogens is 254 g/mol. The van der Waals surface area contributed by atoms with Gasteiger partial charge < -0.3 is 15.5 Å². The Balaban J connectivity index is 2.03. The van der Waals surface area contributed by atoms with Gasteiger partial charge >= 0.3 is 0 Å². The third-order valence-corrected chi connectivity index (χ3v) is 3.37. The molecule has 0 aliphatic carbocycles. The van der Waals surface area contributed by atoms with E-state index in [2.05, 4.69) is 10.6 Å². The summed E-state index contributed by atoms with van der Waals surface area (Å²) in [6.07, 6.45) is 3.04. The Bertz CT molecular complexity index is 488. The van der Waals surface area contributed by atoms with Gasteiger partial charge in [-0.05, 0) is 38.1 Å². The molecule has 0 atom stereocenters. The molecule has 0 saturated carbocycles. The highest BCUT2D eigenvalue weighted by Crippen LogP contribution is 2.23. The highest BCUT2D eigenvalue weighted by Gasteiger charge is 2.19. The van der Waals surface area contributed by atoms with Gasteiger partial charge in [0.05, 0.1) is 0 Å². The predicted octanol–water partition coefficient (Wildman–Crippen LogP) is 1.75. The molecule has 0 unspecified atom stereocenters. The summed E-state index contributed by atoms with van der Waals surface area (Å²) in [7, 11) is 1.82. The maximum absolute atomic E-state index is 11.9.